The van der Waals surface area contributed by atoms with Gasteiger partial charge in [0.25, 0.3) is 0 Å². The van der Waals surface area contributed by atoms with Crippen molar-refractivity contribution in [2.75, 3.05) is 33.2 Å². The van der Waals surface area contributed by atoms with Gasteiger partial charge in [0, 0.05) is 32.2 Å². The van der Waals surface area contributed by atoms with Crippen LogP contribution in [0, 0.1) is 0 Å². The fourth-order valence-corrected chi connectivity index (χ4v) is 1.65. The summed E-state index contributed by atoms with van der Waals surface area (Å²) < 4.78 is 4.69. The second kappa shape index (κ2) is 4.44. The first kappa shape index (κ1) is 10.2. The molecule has 2 heterocycles. The lowest BCUT2D eigenvalue weighted by atomic mass is 10.2. The SMILES string of the molecule is CN1CCN(C(=O)Cc2ccon2)CC1. The van der Waals surface area contributed by atoms with Gasteiger partial charge in [0.1, 0.15) is 6.26 Å². The van der Waals surface area contributed by atoms with Gasteiger partial charge in [-0.15, -0.1) is 0 Å². The van der Waals surface area contributed by atoms with Crippen LogP contribution < -0.4 is 0 Å². The Kier molecular flexibility index (Phi) is 3.01. The maximum atomic E-state index is 11.8. The van der Waals surface area contributed by atoms with Gasteiger partial charge in [0.15, 0.2) is 0 Å². The molecule has 15 heavy (non-hydrogen) atoms. The summed E-state index contributed by atoms with van der Waals surface area (Å²) in [6.07, 6.45) is 1.84. The van der Waals surface area contributed by atoms with E-state index >= 15 is 0 Å². The molecular formula is C10H15N3O2. The Hall–Kier alpha value is -1.36. The van der Waals surface area contributed by atoms with Gasteiger partial charge >= 0.3 is 0 Å². The fourth-order valence-electron chi connectivity index (χ4n) is 1.65. The molecule has 1 saturated heterocycles. The number of aromatic nitrogens is 1. The van der Waals surface area contributed by atoms with Gasteiger partial charge in [-0.25, -0.2) is 0 Å². The highest BCUT2D eigenvalue weighted by molar-refractivity contribution is 5.78. The van der Waals surface area contributed by atoms with Crippen LogP contribution in [0.5, 0.6) is 0 Å². The Labute approximate surface area is 88.6 Å². The maximum absolute atomic E-state index is 11.8. The molecule has 0 aliphatic carbocycles. The number of carbonyl (C=O) groups excluding carboxylic acids is 1. The summed E-state index contributed by atoms with van der Waals surface area (Å²) in [5.41, 5.74) is 0.707. The van der Waals surface area contributed by atoms with Crippen LogP contribution >= 0.6 is 0 Å². The zero-order valence-electron chi connectivity index (χ0n) is 8.85. The van der Waals surface area contributed by atoms with Crippen molar-refractivity contribution in [2.45, 2.75) is 6.42 Å². The zero-order valence-corrected chi connectivity index (χ0v) is 8.85. The van der Waals surface area contributed by atoms with E-state index in [4.69, 9.17) is 4.52 Å². The van der Waals surface area contributed by atoms with Crippen molar-refractivity contribution in [3.63, 3.8) is 0 Å². The van der Waals surface area contributed by atoms with E-state index in [-0.39, 0.29) is 5.91 Å². The zero-order chi connectivity index (χ0) is 10.7. The van der Waals surface area contributed by atoms with Crippen molar-refractivity contribution in [1.29, 1.82) is 0 Å². The highest BCUT2D eigenvalue weighted by Gasteiger charge is 2.19. The molecule has 0 radical (unpaired) electrons. The molecule has 1 aliphatic heterocycles. The molecular weight excluding hydrogens is 194 g/mol. The van der Waals surface area contributed by atoms with Crippen LogP contribution in [0.15, 0.2) is 16.9 Å². The highest BCUT2D eigenvalue weighted by Crippen LogP contribution is 2.04. The molecule has 1 aromatic heterocycles. The molecule has 5 heteroatoms. The van der Waals surface area contributed by atoms with E-state index in [1.54, 1.807) is 6.07 Å². The maximum Gasteiger partial charge on any atom is 0.228 e. The number of likely N-dealkylation sites (N-methyl/N-ethyl adjacent to an activating group) is 1. The van der Waals surface area contributed by atoms with E-state index in [1.807, 2.05) is 4.90 Å². The summed E-state index contributed by atoms with van der Waals surface area (Å²) in [6, 6.07) is 1.73. The highest BCUT2D eigenvalue weighted by atomic mass is 16.5. The van der Waals surface area contributed by atoms with Gasteiger partial charge < -0.3 is 14.3 Å². The number of rotatable bonds is 2. The molecule has 1 aromatic rings. The topological polar surface area (TPSA) is 49.6 Å². The van der Waals surface area contributed by atoms with Gasteiger partial charge in [-0.2, -0.15) is 0 Å². The minimum Gasteiger partial charge on any atom is -0.364 e. The second-order valence-electron chi connectivity index (χ2n) is 3.85. The first-order valence-corrected chi connectivity index (χ1v) is 5.11. The third kappa shape index (κ3) is 2.56. The Morgan fingerprint density at radius 2 is 2.20 bits per heavy atom. The van der Waals surface area contributed by atoms with Crippen molar-refractivity contribution in [3.05, 3.63) is 18.0 Å². The molecule has 0 atom stereocenters. The summed E-state index contributed by atoms with van der Waals surface area (Å²) >= 11 is 0. The predicted octanol–water partition coefficient (Wildman–Crippen LogP) is -0.00890. The van der Waals surface area contributed by atoms with E-state index in [0.717, 1.165) is 26.2 Å². The molecule has 0 N–H and O–H groups in total. The van der Waals surface area contributed by atoms with Gasteiger partial charge in [0.05, 0.1) is 12.1 Å². The fraction of sp³-hybridized carbons (Fsp3) is 0.600. The van der Waals surface area contributed by atoms with Crippen LogP contribution in [0.25, 0.3) is 0 Å². The van der Waals surface area contributed by atoms with E-state index in [2.05, 4.69) is 17.1 Å². The minimum atomic E-state index is 0.136. The van der Waals surface area contributed by atoms with Crippen LogP contribution in [0.3, 0.4) is 0 Å². The summed E-state index contributed by atoms with van der Waals surface area (Å²) in [5, 5.41) is 3.73. The molecule has 0 aromatic carbocycles. The third-order valence-electron chi connectivity index (χ3n) is 2.68. The van der Waals surface area contributed by atoms with Gasteiger partial charge in [-0.05, 0) is 7.05 Å². The predicted molar refractivity (Wildman–Crippen MR) is 54.3 cm³/mol. The van der Waals surface area contributed by atoms with Crippen LogP contribution in [0.4, 0.5) is 0 Å². The first-order chi connectivity index (χ1) is 7.25. The minimum absolute atomic E-state index is 0.136. The van der Waals surface area contributed by atoms with Crippen molar-refractivity contribution in [1.82, 2.24) is 15.0 Å². The normalized spacial score (nSPS) is 18.1. The molecule has 1 fully saturated rings. The Balaban J connectivity index is 1.86. The van der Waals surface area contributed by atoms with Crippen LogP contribution in [0.2, 0.25) is 0 Å². The molecule has 0 spiro atoms. The monoisotopic (exact) mass is 209 g/mol. The smallest absolute Gasteiger partial charge is 0.228 e. The Morgan fingerprint density at radius 3 is 2.80 bits per heavy atom. The summed E-state index contributed by atoms with van der Waals surface area (Å²) in [6.45, 7) is 3.52. The standard InChI is InChI=1S/C10H15N3O2/c1-12-3-5-13(6-4-12)10(14)8-9-2-7-15-11-9/h2,7H,3-6,8H2,1H3. The van der Waals surface area contributed by atoms with Crippen LogP contribution in [-0.2, 0) is 11.2 Å². The molecule has 1 amide bonds. The average molecular weight is 209 g/mol. The number of hydrogen-bond donors (Lipinski definition) is 0. The lowest BCUT2D eigenvalue weighted by molar-refractivity contribution is -0.132. The third-order valence-corrected chi connectivity index (χ3v) is 2.68. The van der Waals surface area contributed by atoms with Gasteiger partial charge in [-0.1, -0.05) is 5.16 Å². The summed E-state index contributed by atoms with van der Waals surface area (Å²) in [5.74, 6) is 0.136. The number of amides is 1. The molecule has 1 aliphatic rings. The van der Waals surface area contributed by atoms with Gasteiger partial charge in [-0.3, -0.25) is 4.79 Å². The quantitative estimate of drug-likeness (QED) is 0.687. The van der Waals surface area contributed by atoms with Gasteiger partial charge in [0.2, 0.25) is 5.91 Å². The van der Waals surface area contributed by atoms with E-state index < -0.39 is 0 Å². The number of carbonyl (C=O) groups is 1. The van der Waals surface area contributed by atoms with E-state index in [1.165, 1.54) is 6.26 Å². The number of hydrogen-bond acceptors (Lipinski definition) is 4. The average Bonchev–Trinajstić information content (AvgIpc) is 2.71. The van der Waals surface area contributed by atoms with E-state index in [0.29, 0.717) is 12.1 Å². The van der Waals surface area contributed by atoms with Crippen LogP contribution in [-0.4, -0.2) is 54.1 Å². The lowest BCUT2D eigenvalue weighted by Crippen LogP contribution is -2.47. The lowest BCUT2D eigenvalue weighted by Gasteiger charge is -2.32. The molecule has 5 nitrogen and oxygen atoms in total. The molecule has 82 valence electrons. The first-order valence-electron chi connectivity index (χ1n) is 5.11. The second-order valence-corrected chi connectivity index (χ2v) is 3.85. The number of nitrogens with zero attached hydrogens (tertiary/aromatic N) is 3. The van der Waals surface area contributed by atoms with Crippen molar-refractivity contribution < 1.29 is 9.32 Å². The van der Waals surface area contributed by atoms with Crippen molar-refractivity contribution in [3.8, 4) is 0 Å². The van der Waals surface area contributed by atoms with Crippen LogP contribution in [0.1, 0.15) is 5.69 Å². The Morgan fingerprint density at radius 1 is 1.47 bits per heavy atom. The number of piperazine rings is 1. The molecule has 0 bridgehead atoms. The molecule has 0 saturated carbocycles. The van der Waals surface area contributed by atoms with E-state index in [9.17, 15) is 4.79 Å². The molecule has 2 rings (SSSR count). The largest absolute Gasteiger partial charge is 0.364 e. The molecule has 0 unspecified atom stereocenters. The Bertz CT molecular complexity index is 315. The van der Waals surface area contributed by atoms with Crippen molar-refractivity contribution >= 4 is 5.91 Å². The summed E-state index contributed by atoms with van der Waals surface area (Å²) in [4.78, 5) is 15.9. The summed E-state index contributed by atoms with van der Waals surface area (Å²) in [7, 11) is 2.07. The van der Waals surface area contributed by atoms with Crippen molar-refractivity contribution in [2.24, 2.45) is 0 Å².